The Labute approximate surface area is 112 Å². The van der Waals surface area contributed by atoms with Crippen LogP contribution in [0.25, 0.3) is 0 Å². The molecule has 2 aliphatic rings. The lowest BCUT2D eigenvalue weighted by atomic mass is 10.0. The fraction of sp³-hybridized carbons (Fsp3) is 0.667. The van der Waals surface area contributed by atoms with E-state index in [0.717, 1.165) is 0 Å². The summed E-state index contributed by atoms with van der Waals surface area (Å²) in [6, 6.07) is -0.732. The topological polar surface area (TPSA) is 91.8 Å². The van der Waals surface area contributed by atoms with Crippen molar-refractivity contribution >= 4 is 21.7 Å². The molecule has 1 atom stereocenters. The van der Waals surface area contributed by atoms with E-state index in [1.165, 1.54) is 4.90 Å². The molecule has 2 rings (SSSR count). The highest BCUT2D eigenvalue weighted by atomic mass is 32.2. The van der Waals surface area contributed by atoms with Crippen LogP contribution >= 0.6 is 0 Å². The van der Waals surface area contributed by atoms with Crippen LogP contribution in [0, 0.1) is 5.92 Å². The first-order chi connectivity index (χ1) is 8.89. The predicted molar refractivity (Wildman–Crippen MR) is 68.3 cm³/mol. The number of carboxylic acids is 1. The fourth-order valence-electron chi connectivity index (χ4n) is 2.60. The van der Waals surface area contributed by atoms with Gasteiger partial charge in [-0.05, 0) is 12.8 Å². The third-order valence-electron chi connectivity index (χ3n) is 3.58. The predicted octanol–water partition coefficient (Wildman–Crippen LogP) is 0.0529. The Hall–Kier alpha value is -1.37. The van der Waals surface area contributed by atoms with Gasteiger partial charge in [-0.3, -0.25) is 9.59 Å². The zero-order valence-electron chi connectivity index (χ0n) is 10.5. The van der Waals surface area contributed by atoms with Crippen LogP contribution in [-0.2, 0) is 19.4 Å². The first-order valence-corrected chi connectivity index (χ1v) is 8.09. The van der Waals surface area contributed by atoms with Crippen LogP contribution in [0.15, 0.2) is 12.2 Å². The SMILES string of the molecule is O=C(O)CC1CS(=O)(=O)CCN1C(=O)C1CC=CC1. The monoisotopic (exact) mass is 287 g/mol. The molecule has 0 spiro atoms. The lowest BCUT2D eigenvalue weighted by molar-refractivity contribution is -0.142. The van der Waals surface area contributed by atoms with Gasteiger partial charge in [0.1, 0.15) is 0 Å². The van der Waals surface area contributed by atoms with Gasteiger partial charge in [-0.15, -0.1) is 0 Å². The number of sulfone groups is 1. The number of carbonyl (C=O) groups excluding carboxylic acids is 1. The normalized spacial score (nSPS) is 26.5. The summed E-state index contributed by atoms with van der Waals surface area (Å²) in [6.45, 7) is 0.107. The number of hydrogen-bond donors (Lipinski definition) is 1. The zero-order valence-corrected chi connectivity index (χ0v) is 11.3. The van der Waals surface area contributed by atoms with Gasteiger partial charge < -0.3 is 10.0 Å². The Morgan fingerprint density at radius 3 is 2.47 bits per heavy atom. The number of rotatable bonds is 3. The van der Waals surface area contributed by atoms with Crippen molar-refractivity contribution in [3.05, 3.63) is 12.2 Å². The number of aliphatic carboxylic acids is 1. The molecule has 1 fully saturated rings. The number of carboxylic acid groups (broad SMARTS) is 1. The minimum Gasteiger partial charge on any atom is -0.481 e. The van der Waals surface area contributed by atoms with E-state index in [1.807, 2.05) is 12.2 Å². The summed E-state index contributed by atoms with van der Waals surface area (Å²) >= 11 is 0. The highest BCUT2D eigenvalue weighted by Crippen LogP contribution is 2.24. The zero-order chi connectivity index (χ0) is 14.0. The molecule has 1 aliphatic carbocycles. The van der Waals surface area contributed by atoms with Crippen molar-refractivity contribution in [1.82, 2.24) is 4.90 Å². The smallest absolute Gasteiger partial charge is 0.305 e. The number of hydrogen-bond acceptors (Lipinski definition) is 4. The van der Waals surface area contributed by atoms with Crippen molar-refractivity contribution < 1.29 is 23.1 Å². The summed E-state index contributed by atoms with van der Waals surface area (Å²) in [7, 11) is -3.24. The molecular weight excluding hydrogens is 270 g/mol. The molecule has 7 heteroatoms. The first-order valence-electron chi connectivity index (χ1n) is 6.27. The molecule has 19 heavy (non-hydrogen) atoms. The second-order valence-electron chi connectivity index (χ2n) is 5.04. The van der Waals surface area contributed by atoms with Crippen LogP contribution in [0.3, 0.4) is 0 Å². The van der Waals surface area contributed by atoms with Crippen LogP contribution < -0.4 is 0 Å². The van der Waals surface area contributed by atoms with E-state index >= 15 is 0 Å². The Morgan fingerprint density at radius 2 is 1.89 bits per heavy atom. The second-order valence-corrected chi connectivity index (χ2v) is 7.27. The van der Waals surface area contributed by atoms with E-state index in [9.17, 15) is 18.0 Å². The minimum absolute atomic E-state index is 0.0744. The molecule has 1 heterocycles. The van der Waals surface area contributed by atoms with Gasteiger partial charge in [-0.2, -0.15) is 0 Å². The van der Waals surface area contributed by atoms with E-state index in [4.69, 9.17) is 5.11 Å². The maximum absolute atomic E-state index is 12.3. The average Bonchev–Trinajstić information content (AvgIpc) is 2.79. The van der Waals surface area contributed by atoms with Crippen LogP contribution in [0.1, 0.15) is 19.3 Å². The van der Waals surface area contributed by atoms with Gasteiger partial charge in [0.25, 0.3) is 0 Å². The molecule has 1 N–H and O–H groups in total. The molecule has 0 bridgehead atoms. The summed E-state index contributed by atoms with van der Waals surface area (Å²) in [5.74, 6) is -1.67. The van der Waals surface area contributed by atoms with Gasteiger partial charge in [0, 0.05) is 12.5 Å². The average molecular weight is 287 g/mol. The molecule has 6 nitrogen and oxygen atoms in total. The molecule has 0 saturated carbocycles. The summed E-state index contributed by atoms with van der Waals surface area (Å²) in [6.07, 6.45) is 4.85. The second kappa shape index (κ2) is 5.32. The lowest BCUT2D eigenvalue weighted by Gasteiger charge is -2.36. The van der Waals surface area contributed by atoms with E-state index < -0.39 is 21.8 Å². The van der Waals surface area contributed by atoms with Crippen molar-refractivity contribution in [2.24, 2.45) is 5.92 Å². The van der Waals surface area contributed by atoms with Gasteiger partial charge in [0.05, 0.1) is 24.0 Å². The number of carbonyl (C=O) groups is 2. The van der Waals surface area contributed by atoms with Crippen LogP contribution in [-0.4, -0.2) is 54.4 Å². The standard InChI is InChI=1S/C12H17NO5S/c14-11(15)7-10-8-19(17,18)6-5-13(10)12(16)9-3-1-2-4-9/h1-2,9-10H,3-8H2,(H,14,15). The largest absolute Gasteiger partial charge is 0.481 e. The number of amides is 1. The molecule has 1 unspecified atom stereocenters. The summed E-state index contributed by atoms with van der Waals surface area (Å²) < 4.78 is 23.2. The van der Waals surface area contributed by atoms with Crippen molar-refractivity contribution in [2.45, 2.75) is 25.3 Å². The highest BCUT2D eigenvalue weighted by molar-refractivity contribution is 7.91. The summed E-state index contributed by atoms with van der Waals surface area (Å²) in [4.78, 5) is 24.6. The molecular formula is C12H17NO5S. The van der Waals surface area contributed by atoms with E-state index in [1.54, 1.807) is 0 Å². The molecule has 0 aromatic rings. The fourth-order valence-corrected chi connectivity index (χ4v) is 4.13. The van der Waals surface area contributed by atoms with Crippen LogP contribution in [0.4, 0.5) is 0 Å². The molecule has 1 amide bonds. The molecule has 1 saturated heterocycles. The van der Waals surface area contributed by atoms with E-state index in [2.05, 4.69) is 0 Å². The maximum atomic E-state index is 12.3. The summed E-state index contributed by atoms with van der Waals surface area (Å²) in [5.41, 5.74) is 0. The van der Waals surface area contributed by atoms with E-state index in [-0.39, 0.29) is 36.3 Å². The van der Waals surface area contributed by atoms with Crippen molar-refractivity contribution in [3.63, 3.8) is 0 Å². The van der Waals surface area contributed by atoms with Gasteiger partial charge in [-0.25, -0.2) is 8.42 Å². The van der Waals surface area contributed by atoms with Gasteiger partial charge >= 0.3 is 5.97 Å². The van der Waals surface area contributed by atoms with Crippen molar-refractivity contribution in [1.29, 1.82) is 0 Å². The Kier molecular flexibility index (Phi) is 3.93. The van der Waals surface area contributed by atoms with Crippen LogP contribution in [0.2, 0.25) is 0 Å². The van der Waals surface area contributed by atoms with Gasteiger partial charge in [-0.1, -0.05) is 12.2 Å². The molecule has 0 aromatic carbocycles. The Balaban J connectivity index is 2.12. The highest BCUT2D eigenvalue weighted by Gasteiger charge is 2.37. The minimum atomic E-state index is -3.24. The molecule has 106 valence electrons. The maximum Gasteiger partial charge on any atom is 0.305 e. The van der Waals surface area contributed by atoms with E-state index in [0.29, 0.717) is 12.8 Å². The lowest BCUT2D eigenvalue weighted by Crippen LogP contribution is -2.53. The third kappa shape index (κ3) is 3.34. The Bertz CT molecular complexity index is 502. The Morgan fingerprint density at radius 1 is 1.26 bits per heavy atom. The third-order valence-corrected chi connectivity index (χ3v) is 5.28. The number of allylic oxidation sites excluding steroid dienone is 2. The van der Waals surface area contributed by atoms with Gasteiger partial charge in [0.2, 0.25) is 5.91 Å². The van der Waals surface area contributed by atoms with Crippen molar-refractivity contribution in [2.75, 3.05) is 18.1 Å². The quantitative estimate of drug-likeness (QED) is 0.741. The molecule has 1 aliphatic heterocycles. The van der Waals surface area contributed by atoms with Crippen LogP contribution in [0.5, 0.6) is 0 Å². The number of nitrogens with zero attached hydrogens (tertiary/aromatic N) is 1. The summed E-state index contributed by atoms with van der Waals surface area (Å²) in [5, 5.41) is 8.86. The van der Waals surface area contributed by atoms with Gasteiger partial charge in [0.15, 0.2) is 9.84 Å². The first kappa shape index (κ1) is 14.0. The van der Waals surface area contributed by atoms with Crippen molar-refractivity contribution in [3.8, 4) is 0 Å². The molecule has 0 radical (unpaired) electrons. The molecule has 0 aromatic heterocycles.